The molecule has 0 amide bonds. The number of alkyl halides is 3. The highest BCUT2D eigenvalue weighted by Crippen LogP contribution is 2.38. The van der Waals surface area contributed by atoms with Gasteiger partial charge in [0.05, 0.1) is 5.56 Å². The van der Waals surface area contributed by atoms with E-state index in [2.05, 4.69) is 5.32 Å². The number of hydrogen-bond acceptors (Lipinski definition) is 1. The largest absolute Gasteiger partial charge is 0.416 e. The van der Waals surface area contributed by atoms with E-state index >= 15 is 0 Å². The number of halogens is 3. The molecule has 0 spiro atoms. The fraction of sp³-hybridized carbons (Fsp3) is 0.571. The van der Waals surface area contributed by atoms with Crippen LogP contribution in [0.4, 0.5) is 13.2 Å². The summed E-state index contributed by atoms with van der Waals surface area (Å²) in [5.74, 6) is 0.747. The van der Waals surface area contributed by atoms with Crippen LogP contribution >= 0.6 is 0 Å². The summed E-state index contributed by atoms with van der Waals surface area (Å²) in [4.78, 5) is 0. The van der Waals surface area contributed by atoms with Crippen molar-refractivity contribution >= 4 is 0 Å². The van der Waals surface area contributed by atoms with Gasteiger partial charge in [-0.2, -0.15) is 13.2 Å². The van der Waals surface area contributed by atoms with Gasteiger partial charge in [-0.3, -0.25) is 0 Å². The first-order chi connectivity index (χ1) is 8.50. The molecule has 1 saturated carbocycles. The first kappa shape index (κ1) is 13.4. The number of hydrogen-bond donors (Lipinski definition) is 1. The van der Waals surface area contributed by atoms with Crippen molar-refractivity contribution in [2.75, 3.05) is 6.54 Å². The molecule has 0 bridgehead atoms. The topological polar surface area (TPSA) is 12.0 Å². The summed E-state index contributed by atoms with van der Waals surface area (Å²) in [6.45, 7) is 2.85. The number of benzene rings is 1. The predicted octanol–water partition coefficient (Wildman–Crippen LogP) is 4.16. The van der Waals surface area contributed by atoms with Gasteiger partial charge in [0.15, 0.2) is 0 Å². The van der Waals surface area contributed by atoms with Gasteiger partial charge in [0.1, 0.15) is 0 Å². The molecule has 1 fully saturated rings. The van der Waals surface area contributed by atoms with Gasteiger partial charge in [-0.1, -0.05) is 31.9 Å². The molecular weight excluding hydrogens is 239 g/mol. The van der Waals surface area contributed by atoms with E-state index in [1.54, 1.807) is 12.1 Å². The summed E-state index contributed by atoms with van der Waals surface area (Å²) < 4.78 is 37.4. The first-order valence-corrected chi connectivity index (χ1v) is 6.41. The van der Waals surface area contributed by atoms with E-state index in [0.717, 1.165) is 24.4 Å². The van der Waals surface area contributed by atoms with E-state index in [-0.39, 0.29) is 6.04 Å². The normalized spacial score (nSPS) is 17.8. The number of nitrogens with one attached hydrogen (secondary N) is 1. The number of rotatable bonds is 5. The fourth-order valence-corrected chi connectivity index (χ4v) is 2.17. The molecule has 1 nitrogen and oxygen atoms in total. The van der Waals surface area contributed by atoms with Crippen molar-refractivity contribution in [1.29, 1.82) is 0 Å². The third-order valence-electron chi connectivity index (χ3n) is 3.36. The van der Waals surface area contributed by atoms with Crippen molar-refractivity contribution in [2.45, 2.75) is 38.4 Å². The quantitative estimate of drug-likeness (QED) is 0.835. The third kappa shape index (κ3) is 3.48. The maximum Gasteiger partial charge on any atom is 0.416 e. The van der Waals surface area contributed by atoms with Gasteiger partial charge >= 0.3 is 6.18 Å². The second-order valence-electron chi connectivity index (χ2n) is 4.91. The zero-order chi connectivity index (χ0) is 13.2. The van der Waals surface area contributed by atoms with Gasteiger partial charge < -0.3 is 5.32 Å². The third-order valence-corrected chi connectivity index (χ3v) is 3.36. The first-order valence-electron chi connectivity index (χ1n) is 6.41. The van der Waals surface area contributed by atoms with Crippen molar-refractivity contribution < 1.29 is 13.2 Å². The van der Waals surface area contributed by atoms with Crippen molar-refractivity contribution in [3.05, 3.63) is 35.4 Å². The Balaban J connectivity index is 2.09. The molecule has 1 atom stereocenters. The molecule has 1 aromatic carbocycles. The molecular formula is C14H18F3N. The van der Waals surface area contributed by atoms with Crippen LogP contribution in [0, 0.1) is 5.92 Å². The van der Waals surface area contributed by atoms with Gasteiger partial charge in [0.25, 0.3) is 0 Å². The Kier molecular flexibility index (Phi) is 3.95. The van der Waals surface area contributed by atoms with E-state index < -0.39 is 11.7 Å². The summed E-state index contributed by atoms with van der Waals surface area (Å²) in [7, 11) is 0. The Labute approximate surface area is 105 Å². The zero-order valence-electron chi connectivity index (χ0n) is 10.4. The molecule has 0 aliphatic heterocycles. The van der Waals surface area contributed by atoms with Gasteiger partial charge in [0, 0.05) is 6.04 Å². The summed E-state index contributed by atoms with van der Waals surface area (Å²) >= 11 is 0. The molecule has 18 heavy (non-hydrogen) atoms. The van der Waals surface area contributed by atoms with Gasteiger partial charge in [-0.25, -0.2) is 0 Å². The molecule has 0 saturated heterocycles. The molecule has 0 radical (unpaired) electrons. The summed E-state index contributed by atoms with van der Waals surface area (Å²) in [5.41, 5.74) is 0.379. The van der Waals surface area contributed by atoms with Crippen LogP contribution in [-0.2, 0) is 6.18 Å². The highest BCUT2D eigenvalue weighted by atomic mass is 19.4. The molecule has 0 aromatic heterocycles. The minimum absolute atomic E-state index is 0.185. The summed E-state index contributed by atoms with van der Waals surface area (Å²) in [6.07, 6.45) is -0.715. The fourth-order valence-electron chi connectivity index (χ4n) is 2.17. The predicted molar refractivity (Wildman–Crippen MR) is 65.2 cm³/mol. The van der Waals surface area contributed by atoms with Gasteiger partial charge in [-0.05, 0) is 36.6 Å². The maximum absolute atomic E-state index is 12.5. The van der Waals surface area contributed by atoms with E-state index in [0.29, 0.717) is 0 Å². The Morgan fingerprint density at radius 2 is 1.83 bits per heavy atom. The van der Waals surface area contributed by atoms with E-state index in [4.69, 9.17) is 0 Å². The highest BCUT2D eigenvalue weighted by Gasteiger charge is 2.31. The smallest absolute Gasteiger partial charge is 0.310 e. The standard InChI is InChI=1S/C14H18F3N/c1-2-18-13(9-10-3-4-10)11-5-7-12(8-6-11)14(15,16)17/h5-8,10,13,18H,2-4,9H2,1H3. The Morgan fingerprint density at radius 3 is 2.28 bits per heavy atom. The summed E-state index contributed by atoms with van der Waals surface area (Å²) in [6, 6.07) is 5.72. The van der Waals surface area contributed by atoms with Crippen LogP contribution in [0.5, 0.6) is 0 Å². The zero-order valence-corrected chi connectivity index (χ0v) is 10.4. The van der Waals surface area contributed by atoms with E-state index in [9.17, 15) is 13.2 Å². The van der Waals surface area contributed by atoms with Crippen LogP contribution in [0.1, 0.15) is 43.4 Å². The molecule has 1 aliphatic rings. The second kappa shape index (κ2) is 5.31. The van der Waals surface area contributed by atoms with Crippen LogP contribution in [0.3, 0.4) is 0 Å². The molecule has 1 aliphatic carbocycles. The van der Waals surface area contributed by atoms with Crippen molar-refractivity contribution in [3.63, 3.8) is 0 Å². The van der Waals surface area contributed by atoms with Crippen LogP contribution < -0.4 is 5.32 Å². The maximum atomic E-state index is 12.5. The lowest BCUT2D eigenvalue weighted by molar-refractivity contribution is -0.137. The molecule has 2 rings (SSSR count). The second-order valence-corrected chi connectivity index (χ2v) is 4.91. The van der Waals surface area contributed by atoms with Crippen molar-refractivity contribution in [1.82, 2.24) is 5.32 Å². The molecule has 4 heteroatoms. The summed E-state index contributed by atoms with van der Waals surface area (Å²) in [5, 5.41) is 3.35. The van der Waals surface area contributed by atoms with Crippen LogP contribution in [0.15, 0.2) is 24.3 Å². The highest BCUT2D eigenvalue weighted by molar-refractivity contribution is 5.27. The molecule has 1 N–H and O–H groups in total. The Hall–Kier alpha value is -1.03. The average Bonchev–Trinajstić information content (AvgIpc) is 3.11. The Morgan fingerprint density at radius 1 is 1.22 bits per heavy atom. The van der Waals surface area contributed by atoms with Crippen LogP contribution in [0.25, 0.3) is 0 Å². The minimum Gasteiger partial charge on any atom is -0.310 e. The van der Waals surface area contributed by atoms with Crippen LogP contribution in [0.2, 0.25) is 0 Å². The van der Waals surface area contributed by atoms with Crippen molar-refractivity contribution in [3.8, 4) is 0 Å². The SMILES string of the molecule is CCNC(CC1CC1)c1ccc(C(F)(F)F)cc1. The van der Waals surface area contributed by atoms with E-state index in [1.165, 1.54) is 25.0 Å². The lowest BCUT2D eigenvalue weighted by atomic mass is 9.99. The van der Waals surface area contributed by atoms with Crippen molar-refractivity contribution in [2.24, 2.45) is 5.92 Å². The monoisotopic (exact) mass is 257 g/mol. The molecule has 1 aromatic rings. The van der Waals surface area contributed by atoms with Gasteiger partial charge in [0.2, 0.25) is 0 Å². The lowest BCUT2D eigenvalue weighted by Crippen LogP contribution is -2.21. The van der Waals surface area contributed by atoms with E-state index in [1.807, 2.05) is 6.92 Å². The molecule has 1 unspecified atom stereocenters. The Bertz CT molecular complexity index is 379. The average molecular weight is 257 g/mol. The minimum atomic E-state index is -4.25. The molecule has 0 heterocycles. The van der Waals surface area contributed by atoms with Gasteiger partial charge in [-0.15, -0.1) is 0 Å². The lowest BCUT2D eigenvalue weighted by Gasteiger charge is -2.18. The van der Waals surface area contributed by atoms with Crippen LogP contribution in [-0.4, -0.2) is 6.54 Å². The molecule has 100 valence electrons.